The molecule has 0 saturated carbocycles. The fraction of sp³-hybridized carbons (Fsp3) is 0.267. The maximum atomic E-state index is 10.4. The number of hydrogen-bond acceptors (Lipinski definition) is 3. The number of nitrogens with zero attached hydrogens (tertiary/aromatic N) is 2. The number of furan rings is 1. The van der Waals surface area contributed by atoms with E-state index in [0.717, 1.165) is 26.7 Å². The van der Waals surface area contributed by atoms with E-state index in [9.17, 15) is 5.11 Å². The molecule has 1 N–H and O–H groups in total. The van der Waals surface area contributed by atoms with Crippen molar-refractivity contribution in [2.75, 3.05) is 0 Å². The second-order valence-electron chi connectivity index (χ2n) is 5.01. The summed E-state index contributed by atoms with van der Waals surface area (Å²) < 4.78 is 8.23. The molecule has 0 bridgehead atoms. The second kappa shape index (κ2) is 5.48. The van der Waals surface area contributed by atoms with Gasteiger partial charge in [0.25, 0.3) is 0 Å². The summed E-state index contributed by atoms with van der Waals surface area (Å²) in [6.45, 7) is 1.88. The van der Waals surface area contributed by atoms with Crippen LogP contribution in [0.1, 0.15) is 23.1 Å². The zero-order valence-corrected chi connectivity index (χ0v) is 13.9. The van der Waals surface area contributed by atoms with E-state index in [-0.39, 0.29) is 0 Å². The lowest BCUT2D eigenvalue weighted by molar-refractivity contribution is 0.152. The highest BCUT2D eigenvalue weighted by Gasteiger charge is 2.20. The molecule has 0 aliphatic carbocycles. The lowest BCUT2D eigenvalue weighted by Crippen LogP contribution is -2.01. The Hall–Kier alpha value is -1.30. The molecule has 1 unspecified atom stereocenters. The summed E-state index contributed by atoms with van der Waals surface area (Å²) in [6.07, 6.45) is -0.389. The minimum atomic E-state index is -0.760. The molecule has 1 aromatic carbocycles. The van der Waals surface area contributed by atoms with Crippen molar-refractivity contribution in [1.82, 2.24) is 9.78 Å². The summed E-state index contributed by atoms with van der Waals surface area (Å²) in [5.74, 6) is 0.524. The molecule has 0 fully saturated rings. The molecule has 3 rings (SSSR count). The number of aryl methyl sites for hydroxylation is 2. The maximum absolute atomic E-state index is 10.4. The highest BCUT2D eigenvalue weighted by Crippen LogP contribution is 2.32. The van der Waals surface area contributed by atoms with Gasteiger partial charge in [0.15, 0.2) is 0 Å². The fourth-order valence-corrected chi connectivity index (χ4v) is 3.13. The molecule has 0 aliphatic rings. The average Bonchev–Trinajstić information content (AvgIpc) is 2.97. The van der Waals surface area contributed by atoms with E-state index in [4.69, 9.17) is 16.0 Å². The van der Waals surface area contributed by atoms with E-state index in [1.807, 2.05) is 31.2 Å². The van der Waals surface area contributed by atoms with E-state index >= 15 is 0 Å². The Labute approximate surface area is 135 Å². The Kier molecular flexibility index (Phi) is 3.82. The lowest BCUT2D eigenvalue weighted by Gasteiger charge is -2.07. The van der Waals surface area contributed by atoms with Gasteiger partial charge in [0.1, 0.15) is 22.6 Å². The van der Waals surface area contributed by atoms with Crippen LogP contribution in [0.5, 0.6) is 0 Å². The SMILES string of the molecule is Cc1nn(C)c(Cl)c1CC(O)c1cc2cccc(Br)c2o1. The summed E-state index contributed by atoms with van der Waals surface area (Å²) in [5.41, 5.74) is 2.39. The van der Waals surface area contributed by atoms with Crippen molar-refractivity contribution in [3.05, 3.63) is 50.9 Å². The monoisotopic (exact) mass is 368 g/mol. The third kappa shape index (κ3) is 2.61. The number of halogens is 2. The van der Waals surface area contributed by atoms with Gasteiger partial charge in [0.2, 0.25) is 0 Å². The molecule has 21 heavy (non-hydrogen) atoms. The van der Waals surface area contributed by atoms with Gasteiger partial charge in [-0.15, -0.1) is 0 Å². The molecule has 0 radical (unpaired) electrons. The number of aromatic nitrogens is 2. The quantitative estimate of drug-likeness (QED) is 0.754. The molecule has 1 atom stereocenters. The van der Waals surface area contributed by atoms with Crippen molar-refractivity contribution in [2.45, 2.75) is 19.4 Å². The van der Waals surface area contributed by atoms with Gasteiger partial charge in [0, 0.05) is 24.4 Å². The predicted molar refractivity (Wildman–Crippen MR) is 85.5 cm³/mol. The highest BCUT2D eigenvalue weighted by molar-refractivity contribution is 9.10. The molecule has 110 valence electrons. The van der Waals surface area contributed by atoms with Crippen LogP contribution in [0.2, 0.25) is 5.15 Å². The van der Waals surface area contributed by atoms with E-state index in [1.54, 1.807) is 11.7 Å². The van der Waals surface area contributed by atoms with Gasteiger partial charge in [-0.3, -0.25) is 4.68 Å². The van der Waals surface area contributed by atoms with Crippen molar-refractivity contribution in [1.29, 1.82) is 0 Å². The first kappa shape index (κ1) is 14.6. The van der Waals surface area contributed by atoms with Crippen LogP contribution in [0.15, 0.2) is 33.2 Å². The molecule has 0 aliphatic heterocycles. The van der Waals surface area contributed by atoms with Gasteiger partial charge in [-0.05, 0) is 35.0 Å². The standard InChI is InChI=1S/C15H14BrClN2O2/c1-8-10(15(17)19(2)18-8)7-12(20)13-6-9-4-3-5-11(16)14(9)21-13/h3-6,12,20H,7H2,1-2H3. The average molecular weight is 370 g/mol. The minimum Gasteiger partial charge on any atom is -0.457 e. The molecule has 4 nitrogen and oxygen atoms in total. The summed E-state index contributed by atoms with van der Waals surface area (Å²) in [7, 11) is 1.78. The van der Waals surface area contributed by atoms with Gasteiger partial charge < -0.3 is 9.52 Å². The van der Waals surface area contributed by atoms with Crippen LogP contribution in [0.3, 0.4) is 0 Å². The smallest absolute Gasteiger partial charge is 0.148 e. The molecular weight excluding hydrogens is 356 g/mol. The molecule has 3 aromatic rings. The van der Waals surface area contributed by atoms with Crippen molar-refractivity contribution in [3.63, 3.8) is 0 Å². The molecule has 0 saturated heterocycles. The Balaban J connectivity index is 1.93. The third-order valence-corrected chi connectivity index (χ3v) is 4.61. The number of aliphatic hydroxyl groups is 1. The van der Waals surface area contributed by atoms with Crippen LogP contribution in [-0.2, 0) is 13.5 Å². The number of aliphatic hydroxyl groups excluding tert-OH is 1. The summed E-state index contributed by atoms with van der Waals surface area (Å²) in [4.78, 5) is 0. The highest BCUT2D eigenvalue weighted by atomic mass is 79.9. The van der Waals surface area contributed by atoms with Crippen LogP contribution >= 0.6 is 27.5 Å². The maximum Gasteiger partial charge on any atom is 0.148 e. The van der Waals surface area contributed by atoms with Gasteiger partial charge in [-0.2, -0.15) is 5.10 Å². The van der Waals surface area contributed by atoms with Crippen molar-refractivity contribution >= 4 is 38.5 Å². The van der Waals surface area contributed by atoms with Gasteiger partial charge >= 0.3 is 0 Å². The summed E-state index contributed by atoms with van der Waals surface area (Å²) in [6, 6.07) is 7.64. The summed E-state index contributed by atoms with van der Waals surface area (Å²) >= 11 is 9.64. The van der Waals surface area contributed by atoms with Gasteiger partial charge in [-0.1, -0.05) is 23.7 Å². The van der Waals surface area contributed by atoms with Gasteiger partial charge in [0.05, 0.1) is 10.2 Å². The van der Waals surface area contributed by atoms with Crippen molar-refractivity contribution in [3.8, 4) is 0 Å². The van der Waals surface area contributed by atoms with Crippen molar-refractivity contribution < 1.29 is 9.52 Å². The first-order chi connectivity index (χ1) is 9.97. The van der Waals surface area contributed by atoms with E-state index in [2.05, 4.69) is 21.0 Å². The van der Waals surface area contributed by atoms with Crippen LogP contribution < -0.4 is 0 Å². The fourth-order valence-electron chi connectivity index (χ4n) is 2.41. The zero-order chi connectivity index (χ0) is 15.1. The third-order valence-electron chi connectivity index (χ3n) is 3.51. The van der Waals surface area contributed by atoms with Crippen LogP contribution in [-0.4, -0.2) is 14.9 Å². The number of benzene rings is 1. The largest absolute Gasteiger partial charge is 0.457 e. The minimum absolute atomic E-state index is 0.371. The Bertz CT molecular complexity index is 809. The van der Waals surface area contributed by atoms with E-state index < -0.39 is 6.10 Å². The molecule has 6 heteroatoms. The topological polar surface area (TPSA) is 51.2 Å². The second-order valence-corrected chi connectivity index (χ2v) is 6.22. The number of para-hydroxylation sites is 1. The number of hydrogen-bond donors (Lipinski definition) is 1. The van der Waals surface area contributed by atoms with Crippen LogP contribution in [0.25, 0.3) is 11.0 Å². The Morgan fingerprint density at radius 3 is 2.86 bits per heavy atom. The van der Waals surface area contributed by atoms with Crippen LogP contribution in [0, 0.1) is 6.92 Å². The molecular formula is C15H14BrClN2O2. The van der Waals surface area contributed by atoms with E-state index in [0.29, 0.717) is 17.3 Å². The van der Waals surface area contributed by atoms with E-state index in [1.165, 1.54) is 0 Å². The molecule has 0 amide bonds. The summed E-state index contributed by atoms with van der Waals surface area (Å²) in [5, 5.41) is 16.2. The van der Waals surface area contributed by atoms with Gasteiger partial charge in [-0.25, -0.2) is 0 Å². The normalized spacial score (nSPS) is 13.0. The predicted octanol–water partition coefficient (Wildman–Crippen LogP) is 4.17. The Morgan fingerprint density at radius 1 is 1.48 bits per heavy atom. The first-order valence-corrected chi connectivity index (χ1v) is 7.68. The zero-order valence-electron chi connectivity index (χ0n) is 11.6. The lowest BCUT2D eigenvalue weighted by atomic mass is 10.1. The Morgan fingerprint density at radius 2 is 2.24 bits per heavy atom. The van der Waals surface area contributed by atoms with Crippen molar-refractivity contribution in [2.24, 2.45) is 7.05 Å². The number of rotatable bonds is 3. The molecule has 2 heterocycles. The molecule has 2 aromatic heterocycles. The van der Waals surface area contributed by atoms with Crippen LogP contribution in [0.4, 0.5) is 0 Å². The first-order valence-electron chi connectivity index (χ1n) is 6.51. The number of fused-ring (bicyclic) bond motifs is 1. The molecule has 0 spiro atoms.